The molecule has 1 aromatic carbocycles. The lowest BCUT2D eigenvalue weighted by atomic mass is 10.2. The molecule has 1 atom stereocenters. The molecule has 0 fully saturated rings. The van der Waals surface area contributed by atoms with Crippen LogP contribution in [0.4, 0.5) is 0 Å². The van der Waals surface area contributed by atoms with E-state index in [0.29, 0.717) is 12.6 Å². The summed E-state index contributed by atoms with van der Waals surface area (Å²) in [6.07, 6.45) is 1.02. The van der Waals surface area contributed by atoms with Crippen molar-refractivity contribution >= 4 is 11.3 Å². The highest BCUT2D eigenvalue weighted by molar-refractivity contribution is 7.10. The Labute approximate surface area is 106 Å². The Balaban J connectivity index is 1.81. The summed E-state index contributed by atoms with van der Waals surface area (Å²) in [6, 6.07) is 14.7. The molecule has 2 rings (SSSR count). The van der Waals surface area contributed by atoms with Gasteiger partial charge in [0.25, 0.3) is 0 Å². The number of rotatable bonds is 6. The normalized spacial score (nSPS) is 12.5. The summed E-state index contributed by atoms with van der Waals surface area (Å²) < 4.78 is 0. The minimum absolute atomic E-state index is 0.290. The van der Waals surface area contributed by atoms with Crippen molar-refractivity contribution in [3.63, 3.8) is 0 Å². The van der Waals surface area contributed by atoms with E-state index in [1.165, 1.54) is 10.4 Å². The fourth-order valence-electron chi connectivity index (χ4n) is 1.63. The van der Waals surface area contributed by atoms with Crippen LogP contribution in [-0.2, 0) is 11.4 Å². The van der Waals surface area contributed by atoms with Gasteiger partial charge in [-0.15, -0.1) is 11.3 Å². The second-order valence-corrected chi connectivity index (χ2v) is 4.85. The van der Waals surface area contributed by atoms with Crippen LogP contribution < -0.4 is 5.48 Å². The van der Waals surface area contributed by atoms with Crippen LogP contribution in [0.2, 0.25) is 0 Å². The van der Waals surface area contributed by atoms with Gasteiger partial charge in [0.1, 0.15) is 0 Å². The minimum Gasteiger partial charge on any atom is -0.296 e. The van der Waals surface area contributed by atoms with Crippen LogP contribution in [0.5, 0.6) is 0 Å². The van der Waals surface area contributed by atoms with Crippen molar-refractivity contribution in [2.24, 2.45) is 0 Å². The molecule has 0 saturated heterocycles. The summed E-state index contributed by atoms with van der Waals surface area (Å²) >= 11 is 1.76. The second kappa shape index (κ2) is 6.55. The molecule has 1 N–H and O–H groups in total. The average Bonchev–Trinajstić information content (AvgIpc) is 2.90. The summed E-state index contributed by atoms with van der Waals surface area (Å²) in [7, 11) is 0. The Hall–Kier alpha value is -1.16. The number of nitrogens with one attached hydrogen (secondary N) is 1. The van der Waals surface area contributed by atoms with E-state index in [1.54, 1.807) is 11.3 Å². The molecule has 90 valence electrons. The van der Waals surface area contributed by atoms with E-state index in [2.05, 4.69) is 42.0 Å². The third-order valence-corrected chi connectivity index (χ3v) is 3.59. The van der Waals surface area contributed by atoms with Gasteiger partial charge in [0.15, 0.2) is 0 Å². The topological polar surface area (TPSA) is 21.3 Å². The lowest BCUT2D eigenvalue weighted by Crippen LogP contribution is -2.20. The minimum atomic E-state index is 0.290. The molecule has 3 heteroatoms. The van der Waals surface area contributed by atoms with E-state index in [0.717, 1.165) is 6.42 Å². The average molecular weight is 247 g/mol. The van der Waals surface area contributed by atoms with E-state index in [-0.39, 0.29) is 0 Å². The van der Waals surface area contributed by atoms with Crippen LogP contribution in [0.1, 0.15) is 29.8 Å². The van der Waals surface area contributed by atoms with Crippen molar-refractivity contribution in [1.82, 2.24) is 5.48 Å². The van der Waals surface area contributed by atoms with Crippen molar-refractivity contribution < 1.29 is 4.84 Å². The van der Waals surface area contributed by atoms with Crippen LogP contribution in [0, 0.1) is 0 Å². The maximum Gasteiger partial charge on any atom is 0.0933 e. The van der Waals surface area contributed by atoms with Gasteiger partial charge in [-0.2, -0.15) is 5.48 Å². The molecule has 2 nitrogen and oxygen atoms in total. The third kappa shape index (κ3) is 3.66. The molecule has 0 aliphatic rings. The zero-order chi connectivity index (χ0) is 11.9. The van der Waals surface area contributed by atoms with Crippen molar-refractivity contribution in [3.8, 4) is 0 Å². The highest BCUT2D eigenvalue weighted by Gasteiger charge is 2.09. The van der Waals surface area contributed by atoms with E-state index < -0.39 is 0 Å². The van der Waals surface area contributed by atoms with Gasteiger partial charge in [0.2, 0.25) is 0 Å². The lowest BCUT2D eigenvalue weighted by Gasteiger charge is -2.15. The molecule has 1 aromatic heterocycles. The molecule has 0 saturated carbocycles. The summed E-state index contributed by atoms with van der Waals surface area (Å²) in [5.41, 5.74) is 4.31. The first-order chi connectivity index (χ1) is 8.40. The summed E-state index contributed by atoms with van der Waals surface area (Å²) in [5, 5.41) is 2.09. The third-order valence-electron chi connectivity index (χ3n) is 2.60. The van der Waals surface area contributed by atoms with Gasteiger partial charge in [-0.25, -0.2) is 0 Å². The molecular formula is C14H17NOS. The maximum absolute atomic E-state index is 5.55. The Morgan fingerprint density at radius 3 is 2.65 bits per heavy atom. The molecule has 0 bridgehead atoms. The number of hydrogen-bond donors (Lipinski definition) is 1. The number of thiophene rings is 1. The number of hydrogen-bond acceptors (Lipinski definition) is 3. The standard InChI is InChI=1S/C14H17NOS/c1-2-13(14-9-6-10-17-14)15-16-11-12-7-4-3-5-8-12/h3-10,13,15H,2,11H2,1H3. The molecular weight excluding hydrogens is 230 g/mol. The zero-order valence-electron chi connectivity index (χ0n) is 9.93. The zero-order valence-corrected chi connectivity index (χ0v) is 10.7. The van der Waals surface area contributed by atoms with Gasteiger partial charge >= 0.3 is 0 Å². The van der Waals surface area contributed by atoms with Crippen LogP contribution in [0.3, 0.4) is 0 Å². The molecule has 0 radical (unpaired) electrons. The number of hydroxylamine groups is 1. The van der Waals surface area contributed by atoms with Crippen molar-refractivity contribution in [2.75, 3.05) is 0 Å². The van der Waals surface area contributed by atoms with Crippen molar-refractivity contribution in [2.45, 2.75) is 26.0 Å². The monoisotopic (exact) mass is 247 g/mol. The predicted octanol–water partition coefficient (Wildman–Crippen LogP) is 3.92. The molecule has 0 amide bonds. The van der Waals surface area contributed by atoms with Gasteiger partial charge in [0.05, 0.1) is 12.6 Å². The fraction of sp³-hybridized carbons (Fsp3) is 0.286. The fourth-order valence-corrected chi connectivity index (χ4v) is 2.48. The highest BCUT2D eigenvalue weighted by atomic mass is 32.1. The number of benzene rings is 1. The van der Waals surface area contributed by atoms with E-state index >= 15 is 0 Å². The van der Waals surface area contributed by atoms with E-state index in [1.807, 2.05) is 18.2 Å². The maximum atomic E-state index is 5.55. The molecule has 0 aliphatic heterocycles. The Kier molecular flexibility index (Phi) is 4.74. The molecule has 2 aromatic rings. The summed E-state index contributed by atoms with van der Waals surface area (Å²) in [6.45, 7) is 2.76. The second-order valence-electron chi connectivity index (χ2n) is 3.87. The lowest BCUT2D eigenvalue weighted by molar-refractivity contribution is 0.00281. The van der Waals surface area contributed by atoms with Crippen LogP contribution >= 0.6 is 11.3 Å². The first-order valence-corrected chi connectivity index (χ1v) is 6.72. The van der Waals surface area contributed by atoms with E-state index in [4.69, 9.17) is 4.84 Å². The smallest absolute Gasteiger partial charge is 0.0933 e. The van der Waals surface area contributed by atoms with Gasteiger partial charge < -0.3 is 0 Å². The van der Waals surface area contributed by atoms with Crippen LogP contribution in [0.25, 0.3) is 0 Å². The quantitative estimate of drug-likeness (QED) is 0.781. The molecule has 0 spiro atoms. The van der Waals surface area contributed by atoms with Gasteiger partial charge in [-0.3, -0.25) is 4.84 Å². The van der Waals surface area contributed by atoms with Crippen molar-refractivity contribution in [1.29, 1.82) is 0 Å². The van der Waals surface area contributed by atoms with E-state index in [9.17, 15) is 0 Å². The van der Waals surface area contributed by atoms with Gasteiger partial charge in [0, 0.05) is 4.88 Å². The van der Waals surface area contributed by atoms with Gasteiger partial charge in [-0.05, 0) is 23.4 Å². The summed E-state index contributed by atoms with van der Waals surface area (Å²) in [5.74, 6) is 0. The first kappa shape index (κ1) is 12.3. The molecule has 1 heterocycles. The molecule has 17 heavy (non-hydrogen) atoms. The Bertz CT molecular complexity index is 413. The Morgan fingerprint density at radius 2 is 2.00 bits per heavy atom. The van der Waals surface area contributed by atoms with Gasteiger partial charge in [-0.1, -0.05) is 43.3 Å². The SMILES string of the molecule is CCC(NOCc1ccccc1)c1cccs1. The Morgan fingerprint density at radius 1 is 1.18 bits per heavy atom. The summed E-state index contributed by atoms with van der Waals surface area (Å²) in [4.78, 5) is 6.87. The van der Waals surface area contributed by atoms with Crippen molar-refractivity contribution in [3.05, 3.63) is 58.3 Å². The highest BCUT2D eigenvalue weighted by Crippen LogP contribution is 2.21. The largest absolute Gasteiger partial charge is 0.296 e. The van der Waals surface area contributed by atoms with Crippen LogP contribution in [0.15, 0.2) is 47.8 Å². The molecule has 1 unspecified atom stereocenters. The predicted molar refractivity (Wildman–Crippen MR) is 71.7 cm³/mol. The first-order valence-electron chi connectivity index (χ1n) is 5.84. The molecule has 0 aliphatic carbocycles. The van der Waals surface area contributed by atoms with Crippen LogP contribution in [-0.4, -0.2) is 0 Å².